The molecule has 1 atom stereocenters. The lowest BCUT2D eigenvalue weighted by atomic mass is 10.2. The molecule has 4 nitrogen and oxygen atoms in total. The van der Waals surface area contributed by atoms with Crippen molar-refractivity contribution in [2.75, 3.05) is 0 Å². The van der Waals surface area contributed by atoms with Gasteiger partial charge < -0.3 is 5.11 Å². The van der Waals surface area contributed by atoms with Gasteiger partial charge in [-0.05, 0) is 39.0 Å². The number of pyridine rings is 1. The van der Waals surface area contributed by atoms with Crippen molar-refractivity contribution in [1.29, 1.82) is 0 Å². The van der Waals surface area contributed by atoms with E-state index in [0.717, 1.165) is 16.0 Å². The Hall–Kier alpha value is -0.630. The first-order chi connectivity index (χ1) is 11.7. The lowest BCUT2D eigenvalue weighted by Gasteiger charge is -2.19. The van der Waals surface area contributed by atoms with E-state index < -0.39 is 11.0 Å². The van der Waals surface area contributed by atoms with Crippen LogP contribution in [-0.2, 0) is 24.1 Å². The number of hydrogen-bond donors (Lipinski definition) is 2. The standard InChI is InChI=1S/C17H20Cl2N2O2S2/c1-17(2,3)25(23)21-9-12-14(7-6-13(18)15(12)19)24-16-11(10-22)5-4-8-20-16/h4-8,21-22H,9-10H2,1-3H3. The van der Waals surface area contributed by atoms with E-state index in [0.29, 0.717) is 21.6 Å². The Morgan fingerprint density at radius 2 is 2.00 bits per heavy atom. The van der Waals surface area contributed by atoms with E-state index in [1.165, 1.54) is 11.8 Å². The Bertz CT molecular complexity index is 780. The fourth-order valence-corrected chi connectivity index (χ4v) is 4.12. The number of rotatable bonds is 6. The Kier molecular flexibility index (Phi) is 7.31. The molecule has 0 spiro atoms. The number of halogens is 2. The van der Waals surface area contributed by atoms with Crippen molar-refractivity contribution in [2.24, 2.45) is 0 Å². The van der Waals surface area contributed by atoms with Gasteiger partial charge in [0, 0.05) is 28.8 Å². The third-order valence-corrected chi connectivity index (χ3v) is 6.84. The monoisotopic (exact) mass is 418 g/mol. The smallest absolute Gasteiger partial charge is 0.106 e. The minimum atomic E-state index is -1.23. The number of nitrogens with one attached hydrogen (secondary N) is 1. The fraction of sp³-hybridized carbons (Fsp3) is 0.353. The molecule has 8 heteroatoms. The summed E-state index contributed by atoms with van der Waals surface area (Å²) in [7, 11) is -1.23. The first-order valence-corrected chi connectivity index (χ1v) is 10.3. The number of aliphatic hydroxyl groups is 1. The van der Waals surface area contributed by atoms with E-state index in [1.54, 1.807) is 18.3 Å². The summed E-state index contributed by atoms with van der Waals surface area (Å²) in [6.45, 7) is 5.90. The van der Waals surface area contributed by atoms with Gasteiger partial charge in [0.1, 0.15) is 5.03 Å². The number of hydrogen-bond acceptors (Lipinski definition) is 4. The van der Waals surface area contributed by atoms with Gasteiger partial charge in [0.25, 0.3) is 0 Å². The molecular formula is C17H20Cl2N2O2S2. The zero-order valence-electron chi connectivity index (χ0n) is 14.2. The summed E-state index contributed by atoms with van der Waals surface area (Å²) in [6.07, 6.45) is 1.67. The molecule has 0 fully saturated rings. The molecule has 0 aliphatic rings. The van der Waals surface area contributed by atoms with Gasteiger partial charge in [0.2, 0.25) is 0 Å². The van der Waals surface area contributed by atoms with Crippen LogP contribution in [0.2, 0.25) is 10.0 Å². The van der Waals surface area contributed by atoms with Gasteiger partial charge in [-0.25, -0.2) is 13.9 Å². The quantitative estimate of drug-likeness (QED) is 0.719. The van der Waals surface area contributed by atoms with Crippen LogP contribution in [0.25, 0.3) is 0 Å². The molecule has 0 saturated heterocycles. The molecule has 1 aromatic heterocycles. The fourth-order valence-electron chi connectivity index (χ4n) is 1.93. The van der Waals surface area contributed by atoms with Crippen molar-refractivity contribution in [3.05, 3.63) is 51.6 Å². The zero-order chi connectivity index (χ0) is 18.6. The van der Waals surface area contributed by atoms with Gasteiger partial charge in [-0.1, -0.05) is 41.0 Å². The number of nitrogens with zero attached hydrogens (tertiary/aromatic N) is 1. The van der Waals surface area contributed by atoms with E-state index in [4.69, 9.17) is 23.2 Å². The summed E-state index contributed by atoms with van der Waals surface area (Å²) in [6, 6.07) is 7.17. The lowest BCUT2D eigenvalue weighted by molar-refractivity contribution is 0.278. The molecule has 0 radical (unpaired) electrons. The number of aromatic nitrogens is 1. The minimum Gasteiger partial charge on any atom is -0.392 e. The van der Waals surface area contributed by atoms with Crippen LogP contribution in [-0.4, -0.2) is 19.0 Å². The molecule has 25 heavy (non-hydrogen) atoms. The molecule has 1 aromatic carbocycles. The van der Waals surface area contributed by atoms with Gasteiger partial charge in [-0.2, -0.15) is 0 Å². The maximum Gasteiger partial charge on any atom is 0.106 e. The van der Waals surface area contributed by atoms with Gasteiger partial charge in [-0.3, -0.25) is 0 Å². The molecule has 0 bridgehead atoms. The van der Waals surface area contributed by atoms with Gasteiger partial charge in [0.05, 0.1) is 32.4 Å². The van der Waals surface area contributed by atoms with Crippen LogP contribution in [0.15, 0.2) is 40.4 Å². The van der Waals surface area contributed by atoms with Gasteiger partial charge in [-0.15, -0.1) is 0 Å². The van der Waals surface area contributed by atoms with E-state index in [-0.39, 0.29) is 11.4 Å². The molecule has 0 amide bonds. The highest BCUT2D eigenvalue weighted by atomic mass is 35.5. The first kappa shape index (κ1) is 20.7. The molecule has 1 unspecified atom stereocenters. The third-order valence-electron chi connectivity index (χ3n) is 3.32. The Morgan fingerprint density at radius 1 is 1.28 bits per heavy atom. The maximum absolute atomic E-state index is 12.3. The van der Waals surface area contributed by atoms with Gasteiger partial charge in [0.15, 0.2) is 0 Å². The SMILES string of the molecule is CC(C)(C)S(=O)NCc1c(Sc2ncccc2CO)ccc(Cl)c1Cl. The molecule has 2 aromatic rings. The summed E-state index contributed by atoms with van der Waals surface area (Å²) in [5.41, 5.74) is 1.49. The number of benzene rings is 1. The van der Waals surface area contributed by atoms with Crippen molar-refractivity contribution in [3.8, 4) is 0 Å². The predicted molar refractivity (Wildman–Crippen MR) is 105 cm³/mol. The average molecular weight is 419 g/mol. The first-order valence-electron chi connectivity index (χ1n) is 7.59. The van der Waals surface area contributed by atoms with Crippen molar-refractivity contribution in [2.45, 2.75) is 48.6 Å². The normalized spacial score (nSPS) is 13.0. The molecule has 2 rings (SSSR count). The van der Waals surface area contributed by atoms with Crippen LogP contribution in [0.1, 0.15) is 31.9 Å². The summed E-state index contributed by atoms with van der Waals surface area (Å²) in [4.78, 5) is 5.17. The predicted octanol–water partition coefficient (Wildman–Crippen LogP) is 4.58. The Balaban J connectivity index is 2.32. The molecular weight excluding hydrogens is 399 g/mol. The van der Waals surface area contributed by atoms with Crippen LogP contribution in [0.3, 0.4) is 0 Å². The molecule has 136 valence electrons. The molecule has 0 aliphatic carbocycles. The van der Waals surface area contributed by atoms with E-state index >= 15 is 0 Å². The Labute approximate surface area is 164 Å². The molecule has 0 saturated carbocycles. The van der Waals surface area contributed by atoms with Crippen molar-refractivity contribution in [3.63, 3.8) is 0 Å². The summed E-state index contributed by atoms with van der Waals surface area (Å²) in [5.74, 6) is 0. The lowest BCUT2D eigenvalue weighted by Crippen LogP contribution is -2.33. The van der Waals surface area contributed by atoms with Crippen LogP contribution in [0.4, 0.5) is 0 Å². The van der Waals surface area contributed by atoms with Crippen LogP contribution in [0, 0.1) is 0 Å². The van der Waals surface area contributed by atoms with Crippen molar-refractivity contribution in [1.82, 2.24) is 9.71 Å². The van der Waals surface area contributed by atoms with Gasteiger partial charge >= 0.3 is 0 Å². The molecule has 0 aliphatic heterocycles. The highest BCUT2D eigenvalue weighted by Crippen LogP contribution is 2.37. The second kappa shape index (κ2) is 8.84. The van der Waals surface area contributed by atoms with E-state index in [2.05, 4.69) is 9.71 Å². The van der Waals surface area contributed by atoms with E-state index in [1.807, 2.05) is 32.9 Å². The van der Waals surface area contributed by atoms with Crippen LogP contribution >= 0.6 is 35.0 Å². The van der Waals surface area contributed by atoms with Crippen molar-refractivity contribution < 1.29 is 9.32 Å². The average Bonchev–Trinajstić information content (AvgIpc) is 2.57. The topological polar surface area (TPSA) is 62.2 Å². The molecule has 1 heterocycles. The largest absolute Gasteiger partial charge is 0.392 e. The van der Waals surface area contributed by atoms with Crippen LogP contribution in [0.5, 0.6) is 0 Å². The summed E-state index contributed by atoms with van der Waals surface area (Å²) >= 11 is 13.9. The summed E-state index contributed by atoms with van der Waals surface area (Å²) < 4.78 is 14.9. The number of aliphatic hydroxyl groups excluding tert-OH is 1. The second-order valence-electron chi connectivity index (χ2n) is 6.27. The highest BCUT2D eigenvalue weighted by molar-refractivity contribution is 7.99. The highest BCUT2D eigenvalue weighted by Gasteiger charge is 2.21. The summed E-state index contributed by atoms with van der Waals surface area (Å²) in [5, 5.41) is 11.0. The zero-order valence-corrected chi connectivity index (χ0v) is 17.3. The van der Waals surface area contributed by atoms with Crippen molar-refractivity contribution >= 4 is 45.9 Å². The Morgan fingerprint density at radius 3 is 2.64 bits per heavy atom. The minimum absolute atomic E-state index is 0.0981. The van der Waals surface area contributed by atoms with E-state index in [9.17, 15) is 9.32 Å². The maximum atomic E-state index is 12.3. The third kappa shape index (κ3) is 5.42. The second-order valence-corrected chi connectivity index (χ2v) is 10.1. The molecule has 2 N–H and O–H groups in total. The van der Waals surface area contributed by atoms with Crippen LogP contribution < -0.4 is 4.72 Å².